The van der Waals surface area contributed by atoms with Gasteiger partial charge in [-0.05, 0) is 31.6 Å². The van der Waals surface area contributed by atoms with E-state index in [-0.39, 0.29) is 5.91 Å². The Hall–Kier alpha value is -1.32. The molecule has 0 unspecified atom stereocenters. The molecule has 0 spiro atoms. The van der Waals surface area contributed by atoms with Gasteiger partial charge in [-0.25, -0.2) is 4.68 Å². The van der Waals surface area contributed by atoms with Crippen molar-refractivity contribution in [3.63, 3.8) is 0 Å². The molecule has 0 aliphatic heterocycles. The van der Waals surface area contributed by atoms with Crippen molar-refractivity contribution in [2.45, 2.75) is 46.1 Å². The second-order valence-corrected chi connectivity index (χ2v) is 4.89. The zero-order chi connectivity index (χ0) is 11.6. The lowest BCUT2D eigenvalue weighted by atomic mass is 10.0. The number of aromatic nitrogens is 2. The highest BCUT2D eigenvalue weighted by Gasteiger charge is 2.36. The topological polar surface area (TPSA) is 46.9 Å². The van der Waals surface area contributed by atoms with Crippen LogP contribution in [-0.2, 0) is 11.3 Å². The van der Waals surface area contributed by atoms with Crippen LogP contribution in [0.1, 0.15) is 39.5 Å². The van der Waals surface area contributed by atoms with Gasteiger partial charge in [0.25, 0.3) is 0 Å². The van der Waals surface area contributed by atoms with E-state index in [0.29, 0.717) is 11.8 Å². The van der Waals surface area contributed by atoms with Crippen molar-refractivity contribution in [2.24, 2.45) is 5.41 Å². The average Bonchev–Trinajstić information content (AvgIpc) is 2.84. The second-order valence-electron chi connectivity index (χ2n) is 4.89. The Bertz CT molecular complexity index is 379. The highest BCUT2D eigenvalue weighted by Crippen LogP contribution is 2.48. The summed E-state index contributed by atoms with van der Waals surface area (Å²) in [5.41, 5.74) is 0.447. The molecule has 2 rings (SSSR count). The van der Waals surface area contributed by atoms with E-state index >= 15 is 0 Å². The molecule has 88 valence electrons. The van der Waals surface area contributed by atoms with E-state index in [4.69, 9.17) is 0 Å². The minimum Gasteiger partial charge on any atom is -0.311 e. The fraction of sp³-hybridized carbons (Fsp3) is 0.667. The minimum absolute atomic E-state index is 0.100. The molecular weight excluding hydrogens is 202 g/mol. The fourth-order valence-corrected chi connectivity index (χ4v) is 1.77. The van der Waals surface area contributed by atoms with Gasteiger partial charge in [-0.1, -0.05) is 6.92 Å². The Balaban J connectivity index is 1.82. The zero-order valence-electron chi connectivity index (χ0n) is 9.99. The number of aryl methyl sites for hydroxylation is 1. The molecule has 0 atom stereocenters. The van der Waals surface area contributed by atoms with Crippen molar-refractivity contribution >= 4 is 11.7 Å². The molecule has 16 heavy (non-hydrogen) atoms. The van der Waals surface area contributed by atoms with E-state index in [9.17, 15) is 4.79 Å². The summed E-state index contributed by atoms with van der Waals surface area (Å²) in [7, 11) is 0. The van der Waals surface area contributed by atoms with Crippen molar-refractivity contribution in [3.8, 4) is 0 Å². The van der Waals surface area contributed by atoms with Gasteiger partial charge in [0, 0.05) is 19.0 Å². The summed E-state index contributed by atoms with van der Waals surface area (Å²) in [6.45, 7) is 5.03. The van der Waals surface area contributed by atoms with Crippen LogP contribution >= 0.6 is 0 Å². The molecule has 1 aliphatic rings. The maximum absolute atomic E-state index is 11.7. The van der Waals surface area contributed by atoms with Crippen LogP contribution in [0.25, 0.3) is 0 Å². The van der Waals surface area contributed by atoms with Crippen LogP contribution in [0.4, 0.5) is 5.82 Å². The molecule has 1 aliphatic carbocycles. The smallest absolute Gasteiger partial charge is 0.225 e. The molecule has 1 aromatic heterocycles. The SMILES string of the molecule is CCn1nccc1NC(=O)CCC1(C)CC1. The maximum atomic E-state index is 11.7. The molecule has 1 saturated carbocycles. The van der Waals surface area contributed by atoms with Gasteiger partial charge < -0.3 is 5.32 Å². The molecule has 1 amide bonds. The summed E-state index contributed by atoms with van der Waals surface area (Å²) in [6, 6.07) is 1.83. The molecule has 0 bridgehead atoms. The second kappa shape index (κ2) is 4.28. The van der Waals surface area contributed by atoms with Crippen LogP contribution in [0.5, 0.6) is 0 Å². The third-order valence-corrected chi connectivity index (χ3v) is 3.34. The molecule has 1 aromatic rings. The number of nitrogens with zero attached hydrogens (tertiary/aromatic N) is 2. The van der Waals surface area contributed by atoms with E-state index < -0.39 is 0 Å². The normalized spacial score (nSPS) is 17.1. The predicted molar refractivity (Wildman–Crippen MR) is 63.1 cm³/mol. The first kappa shape index (κ1) is 11.2. The summed E-state index contributed by atoms with van der Waals surface area (Å²) >= 11 is 0. The number of anilines is 1. The van der Waals surface area contributed by atoms with Crippen LogP contribution in [0.3, 0.4) is 0 Å². The van der Waals surface area contributed by atoms with Crippen LogP contribution in [0, 0.1) is 5.41 Å². The molecule has 1 heterocycles. The fourth-order valence-electron chi connectivity index (χ4n) is 1.77. The Labute approximate surface area is 96.0 Å². The van der Waals surface area contributed by atoms with E-state index in [1.165, 1.54) is 12.8 Å². The van der Waals surface area contributed by atoms with E-state index in [1.807, 2.05) is 13.0 Å². The summed E-state index contributed by atoms with van der Waals surface area (Å²) in [6.07, 6.45) is 5.87. The first-order valence-electron chi connectivity index (χ1n) is 5.95. The molecule has 0 aromatic carbocycles. The third-order valence-electron chi connectivity index (χ3n) is 3.34. The summed E-state index contributed by atoms with van der Waals surface area (Å²) in [4.78, 5) is 11.7. The van der Waals surface area contributed by atoms with Crippen LogP contribution in [0.2, 0.25) is 0 Å². The first-order valence-corrected chi connectivity index (χ1v) is 5.95. The molecule has 1 fully saturated rings. The number of nitrogens with one attached hydrogen (secondary N) is 1. The zero-order valence-corrected chi connectivity index (χ0v) is 9.99. The monoisotopic (exact) mass is 221 g/mol. The van der Waals surface area contributed by atoms with Gasteiger partial charge in [0.15, 0.2) is 0 Å². The van der Waals surface area contributed by atoms with Gasteiger partial charge >= 0.3 is 0 Å². The molecule has 0 saturated heterocycles. The predicted octanol–water partition coefficient (Wildman–Crippen LogP) is 2.42. The minimum atomic E-state index is 0.100. The van der Waals surface area contributed by atoms with Gasteiger partial charge in [0.1, 0.15) is 5.82 Å². The van der Waals surface area contributed by atoms with Gasteiger partial charge in [0.2, 0.25) is 5.91 Å². The number of hydrogen-bond donors (Lipinski definition) is 1. The molecule has 1 N–H and O–H groups in total. The van der Waals surface area contributed by atoms with Crippen LogP contribution < -0.4 is 5.32 Å². The van der Waals surface area contributed by atoms with Crippen molar-refractivity contribution < 1.29 is 4.79 Å². The number of carbonyl (C=O) groups is 1. The van der Waals surface area contributed by atoms with Crippen molar-refractivity contribution in [3.05, 3.63) is 12.3 Å². The third kappa shape index (κ3) is 2.62. The lowest BCUT2D eigenvalue weighted by Gasteiger charge is -2.09. The Kier molecular flexibility index (Phi) is 2.99. The van der Waals surface area contributed by atoms with E-state index in [2.05, 4.69) is 17.3 Å². The van der Waals surface area contributed by atoms with Crippen LogP contribution in [0.15, 0.2) is 12.3 Å². The molecule has 4 heteroatoms. The van der Waals surface area contributed by atoms with Crippen molar-refractivity contribution in [2.75, 3.05) is 5.32 Å². The first-order chi connectivity index (χ1) is 7.63. The van der Waals surface area contributed by atoms with Gasteiger partial charge in [-0.3, -0.25) is 4.79 Å². The number of hydrogen-bond acceptors (Lipinski definition) is 2. The van der Waals surface area contributed by atoms with Crippen molar-refractivity contribution in [1.82, 2.24) is 9.78 Å². The summed E-state index contributed by atoms with van der Waals surface area (Å²) in [5, 5.41) is 7.01. The highest BCUT2D eigenvalue weighted by atomic mass is 16.1. The standard InChI is InChI=1S/C12H19N3O/c1-3-15-10(5-9-13-15)14-11(16)4-6-12(2)7-8-12/h5,9H,3-4,6-8H2,1-2H3,(H,14,16). The van der Waals surface area contributed by atoms with E-state index in [0.717, 1.165) is 18.8 Å². The van der Waals surface area contributed by atoms with Crippen LogP contribution in [-0.4, -0.2) is 15.7 Å². The number of carbonyl (C=O) groups excluding carboxylic acids is 1. The Morgan fingerprint density at radius 3 is 3.00 bits per heavy atom. The Morgan fingerprint density at radius 1 is 1.62 bits per heavy atom. The van der Waals surface area contributed by atoms with Gasteiger partial charge in [0.05, 0.1) is 6.20 Å². The lowest BCUT2D eigenvalue weighted by Crippen LogP contribution is -2.16. The van der Waals surface area contributed by atoms with Crippen molar-refractivity contribution in [1.29, 1.82) is 0 Å². The van der Waals surface area contributed by atoms with Gasteiger partial charge in [-0.2, -0.15) is 5.10 Å². The Morgan fingerprint density at radius 2 is 2.38 bits per heavy atom. The van der Waals surface area contributed by atoms with E-state index in [1.54, 1.807) is 10.9 Å². The maximum Gasteiger partial charge on any atom is 0.225 e. The average molecular weight is 221 g/mol. The molecular formula is C12H19N3O. The summed E-state index contributed by atoms with van der Waals surface area (Å²) < 4.78 is 1.79. The lowest BCUT2D eigenvalue weighted by molar-refractivity contribution is -0.116. The number of amides is 1. The quantitative estimate of drug-likeness (QED) is 0.830. The van der Waals surface area contributed by atoms with Gasteiger partial charge in [-0.15, -0.1) is 0 Å². The summed E-state index contributed by atoms with van der Waals surface area (Å²) in [5.74, 6) is 0.900. The number of rotatable bonds is 5. The highest BCUT2D eigenvalue weighted by molar-refractivity contribution is 5.89. The molecule has 0 radical (unpaired) electrons. The molecule has 4 nitrogen and oxygen atoms in total. The largest absolute Gasteiger partial charge is 0.311 e.